The van der Waals surface area contributed by atoms with Gasteiger partial charge in [-0.15, -0.1) is 11.3 Å². The average molecular weight is 348 g/mol. The van der Waals surface area contributed by atoms with Crippen LogP contribution in [-0.2, 0) is 14.8 Å². The van der Waals surface area contributed by atoms with E-state index in [9.17, 15) is 13.2 Å². The maximum absolute atomic E-state index is 12.8. The third-order valence-electron chi connectivity index (χ3n) is 3.86. The predicted molar refractivity (Wildman–Crippen MR) is 82.7 cm³/mol. The Morgan fingerprint density at radius 3 is 2.68 bits per heavy atom. The largest absolute Gasteiger partial charge is 0.494 e. The first-order valence-electron chi connectivity index (χ1n) is 6.74. The molecule has 1 aromatic rings. The van der Waals surface area contributed by atoms with Gasteiger partial charge in [0.05, 0.1) is 14.2 Å². The highest BCUT2D eigenvalue weighted by molar-refractivity contribution is 7.91. The number of nitrogens with two attached hydrogens (primary N) is 1. The molecule has 9 heteroatoms. The molecule has 2 heterocycles. The fraction of sp³-hybridized carbons (Fsp3) is 0.615. The van der Waals surface area contributed by atoms with Gasteiger partial charge >= 0.3 is 5.97 Å². The fourth-order valence-corrected chi connectivity index (χ4v) is 5.57. The Morgan fingerprint density at radius 1 is 1.50 bits per heavy atom. The van der Waals surface area contributed by atoms with Crippen LogP contribution in [0.2, 0.25) is 0 Å². The first-order valence-corrected chi connectivity index (χ1v) is 8.99. The van der Waals surface area contributed by atoms with Crippen molar-refractivity contribution in [3.63, 3.8) is 0 Å². The number of thiophene rings is 1. The molecule has 1 aliphatic rings. The standard InChI is InChI=1S/C13H20N2O5S2/c1-13(7-14)4-5-15(8-13)22(17,18)12-9(19-2)6-10(21-12)11(16)20-3/h6H,4-5,7-8,14H2,1-3H3. The Hall–Kier alpha value is -1.16. The molecule has 7 nitrogen and oxygen atoms in total. The lowest BCUT2D eigenvalue weighted by atomic mass is 9.90. The molecule has 0 saturated carbocycles. The highest BCUT2D eigenvalue weighted by atomic mass is 32.2. The van der Waals surface area contributed by atoms with Gasteiger partial charge in [0.2, 0.25) is 0 Å². The van der Waals surface area contributed by atoms with Crippen molar-refractivity contribution < 1.29 is 22.7 Å². The van der Waals surface area contributed by atoms with Crippen LogP contribution in [0.5, 0.6) is 5.75 Å². The van der Waals surface area contributed by atoms with E-state index < -0.39 is 16.0 Å². The van der Waals surface area contributed by atoms with Crippen LogP contribution in [0.25, 0.3) is 0 Å². The van der Waals surface area contributed by atoms with Gasteiger partial charge in [-0.05, 0) is 18.4 Å². The predicted octanol–water partition coefficient (Wildman–Crippen LogP) is 0.903. The molecule has 0 amide bonds. The van der Waals surface area contributed by atoms with Crippen LogP contribution in [0.3, 0.4) is 0 Å². The van der Waals surface area contributed by atoms with E-state index in [2.05, 4.69) is 4.74 Å². The van der Waals surface area contributed by atoms with E-state index in [1.54, 1.807) is 0 Å². The van der Waals surface area contributed by atoms with Crippen molar-refractivity contribution in [2.24, 2.45) is 11.1 Å². The zero-order valence-corrected chi connectivity index (χ0v) is 14.4. The second-order valence-electron chi connectivity index (χ2n) is 5.56. The maximum Gasteiger partial charge on any atom is 0.348 e. The van der Waals surface area contributed by atoms with Gasteiger partial charge in [-0.25, -0.2) is 13.2 Å². The molecule has 0 aromatic carbocycles. The number of methoxy groups -OCH3 is 2. The summed E-state index contributed by atoms with van der Waals surface area (Å²) in [6.45, 7) is 3.16. The number of hydrogen-bond donors (Lipinski definition) is 1. The summed E-state index contributed by atoms with van der Waals surface area (Å²) >= 11 is 0.858. The van der Waals surface area contributed by atoms with Crippen LogP contribution in [0.1, 0.15) is 23.0 Å². The number of carbonyl (C=O) groups excluding carboxylic acids is 1. The molecule has 1 aliphatic heterocycles. The molecule has 2 rings (SSSR count). The molecular weight excluding hydrogens is 328 g/mol. The van der Waals surface area contributed by atoms with Crippen LogP contribution in [0.15, 0.2) is 10.3 Å². The zero-order chi connectivity index (χ0) is 16.5. The molecule has 2 N–H and O–H groups in total. The molecule has 0 aliphatic carbocycles. The number of esters is 1. The molecule has 1 aromatic heterocycles. The van der Waals surface area contributed by atoms with E-state index in [-0.39, 0.29) is 20.3 Å². The van der Waals surface area contributed by atoms with Gasteiger partial charge in [0.1, 0.15) is 4.88 Å². The van der Waals surface area contributed by atoms with Crippen molar-refractivity contribution in [3.8, 4) is 5.75 Å². The Labute approximate surface area is 134 Å². The topological polar surface area (TPSA) is 98.9 Å². The summed E-state index contributed by atoms with van der Waals surface area (Å²) in [6.07, 6.45) is 0.709. The number of sulfonamides is 1. The molecule has 1 atom stereocenters. The second-order valence-corrected chi connectivity index (χ2v) is 8.75. The van der Waals surface area contributed by atoms with Crippen LogP contribution in [0.4, 0.5) is 0 Å². The smallest absolute Gasteiger partial charge is 0.348 e. The van der Waals surface area contributed by atoms with Crippen LogP contribution in [0, 0.1) is 5.41 Å². The molecule has 0 bridgehead atoms. The Kier molecular flexibility index (Phi) is 4.81. The molecular formula is C13H20N2O5S2. The van der Waals surface area contributed by atoms with Crippen molar-refractivity contribution in [1.29, 1.82) is 0 Å². The van der Waals surface area contributed by atoms with Crippen molar-refractivity contribution in [2.45, 2.75) is 17.6 Å². The number of rotatable bonds is 5. The fourth-order valence-electron chi connectivity index (χ4n) is 2.35. The van der Waals surface area contributed by atoms with E-state index in [0.29, 0.717) is 26.1 Å². The quantitative estimate of drug-likeness (QED) is 0.794. The van der Waals surface area contributed by atoms with Gasteiger partial charge < -0.3 is 15.2 Å². The summed E-state index contributed by atoms with van der Waals surface area (Å²) in [5.41, 5.74) is 5.51. The minimum absolute atomic E-state index is 0.0247. The van der Waals surface area contributed by atoms with Gasteiger partial charge in [-0.1, -0.05) is 6.92 Å². The zero-order valence-electron chi connectivity index (χ0n) is 12.8. The molecule has 1 fully saturated rings. The Morgan fingerprint density at radius 2 is 2.18 bits per heavy atom. The molecule has 1 saturated heterocycles. The van der Waals surface area contributed by atoms with E-state index >= 15 is 0 Å². The van der Waals surface area contributed by atoms with Crippen LogP contribution in [-0.4, -0.2) is 52.5 Å². The number of hydrogen-bond acceptors (Lipinski definition) is 7. The average Bonchev–Trinajstić information content (AvgIpc) is 3.11. The van der Waals surface area contributed by atoms with Crippen LogP contribution >= 0.6 is 11.3 Å². The van der Waals surface area contributed by atoms with Gasteiger partial charge in [-0.2, -0.15) is 4.31 Å². The highest BCUT2D eigenvalue weighted by Gasteiger charge is 2.41. The van der Waals surface area contributed by atoms with E-state index in [0.717, 1.165) is 11.3 Å². The van der Waals surface area contributed by atoms with Crippen molar-refractivity contribution in [2.75, 3.05) is 33.9 Å². The van der Waals surface area contributed by atoms with E-state index in [1.807, 2.05) is 6.92 Å². The van der Waals surface area contributed by atoms with Crippen molar-refractivity contribution in [1.82, 2.24) is 4.31 Å². The summed E-state index contributed by atoms with van der Waals surface area (Å²) in [5.74, 6) is -0.426. The first kappa shape index (κ1) is 17.2. The molecule has 22 heavy (non-hydrogen) atoms. The minimum atomic E-state index is -3.72. The summed E-state index contributed by atoms with van der Waals surface area (Å²) in [7, 11) is -1.10. The monoisotopic (exact) mass is 348 g/mol. The lowest BCUT2D eigenvalue weighted by molar-refractivity contribution is 0.0606. The van der Waals surface area contributed by atoms with Gasteiger partial charge in [0.15, 0.2) is 9.96 Å². The first-order chi connectivity index (χ1) is 10.3. The number of ether oxygens (including phenoxy) is 2. The van der Waals surface area contributed by atoms with Gasteiger partial charge in [0.25, 0.3) is 10.0 Å². The van der Waals surface area contributed by atoms with Gasteiger partial charge in [-0.3, -0.25) is 0 Å². The highest BCUT2D eigenvalue weighted by Crippen LogP contribution is 2.39. The maximum atomic E-state index is 12.8. The van der Waals surface area contributed by atoms with Gasteiger partial charge in [0, 0.05) is 19.2 Å². The third kappa shape index (κ3) is 2.98. The number of nitrogens with zero attached hydrogens (tertiary/aromatic N) is 1. The Bertz CT molecular complexity index is 670. The summed E-state index contributed by atoms with van der Waals surface area (Å²) in [6, 6.07) is 1.39. The second kappa shape index (κ2) is 6.15. The molecule has 124 valence electrons. The lowest BCUT2D eigenvalue weighted by Gasteiger charge is -2.22. The molecule has 0 spiro atoms. The molecule has 0 radical (unpaired) electrons. The van der Waals surface area contributed by atoms with E-state index in [4.69, 9.17) is 10.5 Å². The van der Waals surface area contributed by atoms with Crippen molar-refractivity contribution >= 4 is 27.3 Å². The molecule has 1 unspecified atom stereocenters. The summed E-state index contributed by atoms with van der Waals surface area (Å²) < 4.78 is 36.8. The minimum Gasteiger partial charge on any atom is -0.494 e. The summed E-state index contributed by atoms with van der Waals surface area (Å²) in [5, 5.41) is 0. The lowest BCUT2D eigenvalue weighted by Crippen LogP contribution is -2.34. The SMILES string of the molecule is COC(=O)c1cc(OC)c(S(=O)(=O)N2CCC(C)(CN)C2)s1. The Balaban J connectivity index is 2.38. The normalized spacial score (nSPS) is 22.7. The number of carbonyl (C=O) groups is 1. The van der Waals surface area contributed by atoms with Crippen LogP contribution < -0.4 is 10.5 Å². The van der Waals surface area contributed by atoms with Crippen molar-refractivity contribution in [3.05, 3.63) is 10.9 Å². The summed E-state index contributed by atoms with van der Waals surface area (Å²) in [4.78, 5) is 11.8. The third-order valence-corrected chi connectivity index (χ3v) is 7.30. The van der Waals surface area contributed by atoms with E-state index in [1.165, 1.54) is 24.6 Å².